The zero-order valence-corrected chi connectivity index (χ0v) is 10.3. The summed E-state index contributed by atoms with van der Waals surface area (Å²) in [6.45, 7) is 0.929. The van der Waals surface area contributed by atoms with Crippen LogP contribution in [-0.2, 0) is 11.3 Å². The molecule has 1 N–H and O–H groups in total. The molecule has 1 heterocycles. The zero-order valence-electron chi connectivity index (χ0n) is 10.3. The Morgan fingerprint density at radius 3 is 2.10 bits per heavy atom. The number of H-pyrrole nitrogens is 1. The number of aryl methyl sites for hydroxylation is 1. The van der Waals surface area contributed by atoms with Crippen molar-refractivity contribution in [3.63, 3.8) is 0 Å². The fourth-order valence-corrected chi connectivity index (χ4v) is 1.44. The normalized spacial score (nSPS) is 12.8. The highest BCUT2D eigenvalue weighted by atomic mass is 19.4. The van der Waals surface area contributed by atoms with Crippen LogP contribution >= 0.6 is 0 Å². The quantitative estimate of drug-likeness (QED) is 0.866. The van der Waals surface area contributed by atoms with E-state index in [0.29, 0.717) is 5.82 Å². The zero-order chi connectivity index (χ0) is 15.7. The second-order valence-electron chi connectivity index (χ2n) is 4.05. The Bertz CT molecular complexity index is 466. The van der Waals surface area contributed by atoms with Gasteiger partial charge in [-0.05, 0) is 6.92 Å². The van der Waals surface area contributed by atoms with Crippen molar-refractivity contribution >= 4 is 5.91 Å². The number of carbonyl (C=O) groups is 1. The fraction of sp³-hybridized carbons (Fsp3) is 0.667. The first-order valence-corrected chi connectivity index (χ1v) is 5.19. The van der Waals surface area contributed by atoms with E-state index in [4.69, 9.17) is 0 Å². The molecule has 0 saturated heterocycles. The summed E-state index contributed by atoms with van der Waals surface area (Å²) in [6, 6.07) is 0. The Labute approximate surface area is 109 Å². The van der Waals surface area contributed by atoms with Crippen LogP contribution in [0.25, 0.3) is 0 Å². The average Bonchev–Trinajstić information content (AvgIpc) is 2.59. The van der Waals surface area contributed by atoms with Crippen molar-refractivity contribution < 1.29 is 31.1 Å². The van der Waals surface area contributed by atoms with Crippen molar-refractivity contribution in [1.29, 1.82) is 0 Å². The molecule has 0 aromatic carbocycles. The smallest absolute Gasteiger partial charge is 0.337 e. The molecule has 0 fully saturated rings. The van der Waals surface area contributed by atoms with Crippen LogP contribution in [0.15, 0.2) is 0 Å². The van der Waals surface area contributed by atoms with Gasteiger partial charge in [0.15, 0.2) is 5.82 Å². The number of carbonyl (C=O) groups excluding carboxylic acids is 1. The minimum atomic E-state index is -5.71. The van der Waals surface area contributed by atoms with Crippen molar-refractivity contribution in [2.45, 2.75) is 25.8 Å². The van der Waals surface area contributed by atoms with Crippen molar-refractivity contribution in [1.82, 2.24) is 20.1 Å². The first-order valence-electron chi connectivity index (χ1n) is 5.19. The van der Waals surface area contributed by atoms with Gasteiger partial charge in [-0.2, -0.15) is 31.4 Å². The maximum Gasteiger partial charge on any atom is 0.409 e. The van der Waals surface area contributed by atoms with Gasteiger partial charge >= 0.3 is 12.4 Å². The van der Waals surface area contributed by atoms with Crippen molar-refractivity contribution in [2.24, 2.45) is 5.92 Å². The van der Waals surface area contributed by atoms with E-state index in [0.717, 1.165) is 7.05 Å². The minimum Gasteiger partial charge on any atom is -0.337 e. The van der Waals surface area contributed by atoms with E-state index >= 15 is 0 Å². The van der Waals surface area contributed by atoms with Crippen LogP contribution in [0, 0.1) is 12.8 Å². The number of amides is 1. The molecule has 0 aliphatic heterocycles. The van der Waals surface area contributed by atoms with Gasteiger partial charge in [0.1, 0.15) is 5.82 Å². The van der Waals surface area contributed by atoms with Crippen LogP contribution in [0.4, 0.5) is 26.3 Å². The summed E-state index contributed by atoms with van der Waals surface area (Å²) in [4.78, 5) is 15.3. The molecule has 114 valence electrons. The lowest BCUT2D eigenvalue weighted by Crippen LogP contribution is -2.48. The monoisotopic (exact) mass is 304 g/mol. The minimum absolute atomic E-state index is 0.0820. The molecule has 0 atom stereocenters. The van der Waals surface area contributed by atoms with E-state index in [9.17, 15) is 31.1 Å². The second-order valence-corrected chi connectivity index (χ2v) is 4.05. The highest BCUT2D eigenvalue weighted by molar-refractivity contribution is 5.80. The number of nitrogens with one attached hydrogen (secondary N) is 1. The number of aromatic nitrogens is 3. The first kappa shape index (κ1) is 16.2. The molecule has 0 aliphatic carbocycles. The molecule has 0 bridgehead atoms. The third kappa shape index (κ3) is 3.84. The van der Waals surface area contributed by atoms with Crippen LogP contribution in [0.5, 0.6) is 0 Å². The summed E-state index contributed by atoms with van der Waals surface area (Å²) in [6.07, 6.45) is -11.4. The molecular weight excluding hydrogens is 294 g/mol. The lowest BCUT2D eigenvalue weighted by Gasteiger charge is -2.26. The molecule has 20 heavy (non-hydrogen) atoms. The number of halogens is 6. The maximum absolute atomic E-state index is 12.4. The Morgan fingerprint density at radius 1 is 1.25 bits per heavy atom. The Balaban J connectivity index is 2.90. The number of rotatable bonds is 3. The summed E-state index contributed by atoms with van der Waals surface area (Å²) < 4.78 is 74.2. The van der Waals surface area contributed by atoms with Gasteiger partial charge in [-0.3, -0.25) is 9.89 Å². The summed E-state index contributed by atoms with van der Waals surface area (Å²) in [5.74, 6) is -5.92. The van der Waals surface area contributed by atoms with Crippen LogP contribution in [0.1, 0.15) is 11.6 Å². The molecule has 0 radical (unpaired) electrons. The standard InChI is InChI=1S/C9H10F6N4O/c1-4-16-5(18-17-4)3-19(2)7(20)6(8(10,11)12)9(13,14)15/h6H,3H2,1-2H3,(H,16,17,18). The lowest BCUT2D eigenvalue weighted by atomic mass is 10.1. The molecule has 1 rings (SSSR count). The highest BCUT2D eigenvalue weighted by Gasteiger charge is 2.61. The summed E-state index contributed by atoms with van der Waals surface area (Å²) in [5, 5.41) is 5.89. The average molecular weight is 304 g/mol. The third-order valence-corrected chi connectivity index (χ3v) is 2.30. The Hall–Kier alpha value is -1.81. The predicted octanol–water partition coefficient (Wildman–Crippen LogP) is 1.81. The van der Waals surface area contributed by atoms with Gasteiger partial charge in [0, 0.05) is 7.05 Å². The summed E-state index contributed by atoms with van der Waals surface area (Å²) in [7, 11) is 0.818. The third-order valence-electron chi connectivity index (χ3n) is 2.30. The SMILES string of the molecule is Cc1nc(CN(C)C(=O)C(C(F)(F)F)C(F)(F)F)n[nH]1. The molecule has 11 heteroatoms. The second kappa shape index (κ2) is 5.29. The number of nitrogens with zero attached hydrogens (tertiary/aromatic N) is 3. The van der Waals surface area contributed by atoms with Gasteiger partial charge in [0.25, 0.3) is 0 Å². The molecule has 0 saturated carbocycles. The Morgan fingerprint density at radius 2 is 1.75 bits per heavy atom. The van der Waals surface area contributed by atoms with Gasteiger partial charge in [0.2, 0.25) is 11.8 Å². The molecule has 1 amide bonds. The van der Waals surface area contributed by atoms with Gasteiger partial charge in [-0.15, -0.1) is 0 Å². The molecular formula is C9H10F6N4O. The maximum atomic E-state index is 12.4. The number of hydrogen-bond acceptors (Lipinski definition) is 3. The summed E-state index contributed by atoms with van der Waals surface area (Å²) >= 11 is 0. The number of hydrogen-bond donors (Lipinski definition) is 1. The van der Waals surface area contributed by atoms with E-state index in [-0.39, 0.29) is 10.7 Å². The lowest BCUT2D eigenvalue weighted by molar-refractivity contribution is -0.277. The van der Waals surface area contributed by atoms with Crippen LogP contribution in [0.2, 0.25) is 0 Å². The van der Waals surface area contributed by atoms with Gasteiger partial charge in [-0.1, -0.05) is 0 Å². The van der Waals surface area contributed by atoms with Crippen LogP contribution in [0.3, 0.4) is 0 Å². The predicted molar refractivity (Wildman–Crippen MR) is 53.2 cm³/mol. The Kier molecular flexibility index (Phi) is 4.30. The molecule has 0 unspecified atom stereocenters. The van der Waals surface area contributed by atoms with E-state index in [1.807, 2.05) is 0 Å². The van der Waals surface area contributed by atoms with Gasteiger partial charge in [-0.25, -0.2) is 4.98 Å². The van der Waals surface area contributed by atoms with E-state index in [2.05, 4.69) is 15.2 Å². The van der Waals surface area contributed by atoms with Crippen LogP contribution in [-0.4, -0.2) is 45.4 Å². The first-order chi connectivity index (χ1) is 8.93. The summed E-state index contributed by atoms with van der Waals surface area (Å²) in [5.41, 5.74) is 0. The van der Waals surface area contributed by atoms with Crippen molar-refractivity contribution in [3.05, 3.63) is 11.6 Å². The molecule has 1 aromatic heterocycles. The number of aromatic amines is 1. The van der Waals surface area contributed by atoms with E-state index in [1.54, 1.807) is 0 Å². The largest absolute Gasteiger partial charge is 0.409 e. The molecule has 1 aromatic rings. The highest BCUT2D eigenvalue weighted by Crippen LogP contribution is 2.40. The van der Waals surface area contributed by atoms with Crippen LogP contribution < -0.4 is 0 Å². The molecule has 0 spiro atoms. The molecule has 5 nitrogen and oxygen atoms in total. The van der Waals surface area contributed by atoms with Crippen molar-refractivity contribution in [2.75, 3.05) is 7.05 Å². The van der Waals surface area contributed by atoms with E-state index in [1.165, 1.54) is 6.92 Å². The van der Waals surface area contributed by atoms with E-state index < -0.39 is 30.7 Å². The fourth-order valence-electron chi connectivity index (χ4n) is 1.44. The molecule has 0 aliphatic rings. The van der Waals surface area contributed by atoms with Crippen molar-refractivity contribution in [3.8, 4) is 0 Å². The topological polar surface area (TPSA) is 61.9 Å². The van der Waals surface area contributed by atoms with Gasteiger partial charge < -0.3 is 4.90 Å². The van der Waals surface area contributed by atoms with Gasteiger partial charge in [0.05, 0.1) is 6.54 Å². The number of alkyl halides is 6.